The normalized spacial score (nSPS) is 11.0. The highest BCUT2D eigenvalue weighted by molar-refractivity contribution is 7.92. The number of nitro groups is 1. The fourth-order valence-electron chi connectivity index (χ4n) is 2.30. The van der Waals surface area contributed by atoms with E-state index < -0.39 is 14.9 Å². The first-order chi connectivity index (χ1) is 12.2. The average molecular weight is 377 g/mol. The van der Waals surface area contributed by atoms with Gasteiger partial charge in [-0.1, -0.05) is 12.1 Å². The lowest BCUT2D eigenvalue weighted by Gasteiger charge is -2.11. The number of nitrogens with zero attached hydrogens (tertiary/aromatic N) is 1. The number of hydrogen-bond acceptors (Lipinski definition) is 5. The second-order valence-corrected chi connectivity index (χ2v) is 7.42. The van der Waals surface area contributed by atoms with Gasteiger partial charge < -0.3 is 5.32 Å². The van der Waals surface area contributed by atoms with Crippen molar-refractivity contribution in [1.82, 2.24) is 5.32 Å². The molecule has 0 unspecified atom stereocenters. The van der Waals surface area contributed by atoms with E-state index in [1.54, 1.807) is 19.1 Å². The summed E-state index contributed by atoms with van der Waals surface area (Å²) in [5.41, 5.74) is 1.53. The van der Waals surface area contributed by atoms with Crippen LogP contribution in [0.1, 0.15) is 18.1 Å². The molecule has 0 radical (unpaired) electrons. The zero-order valence-electron chi connectivity index (χ0n) is 14.4. The van der Waals surface area contributed by atoms with Crippen molar-refractivity contribution in [2.45, 2.75) is 25.2 Å². The standard InChI is InChI=1S/C17H19N3O5S/c1-12-11-15(20(22)23)5-8-17(12)19-26(24,25)16-6-3-14(4-7-16)9-10-18-13(2)21/h3-8,11,19H,9-10H2,1-2H3,(H,18,21). The highest BCUT2D eigenvalue weighted by Crippen LogP contribution is 2.24. The fourth-order valence-corrected chi connectivity index (χ4v) is 3.43. The Morgan fingerprint density at radius 1 is 1.15 bits per heavy atom. The van der Waals surface area contributed by atoms with E-state index in [9.17, 15) is 23.3 Å². The van der Waals surface area contributed by atoms with E-state index in [1.807, 2.05) is 0 Å². The first-order valence-corrected chi connectivity index (χ1v) is 9.28. The molecule has 0 saturated carbocycles. The van der Waals surface area contributed by atoms with Crippen molar-refractivity contribution in [3.8, 4) is 0 Å². The number of sulfonamides is 1. The number of aryl methyl sites for hydroxylation is 1. The van der Waals surface area contributed by atoms with Crippen LogP contribution in [0.2, 0.25) is 0 Å². The van der Waals surface area contributed by atoms with E-state index >= 15 is 0 Å². The molecule has 0 aliphatic rings. The van der Waals surface area contributed by atoms with Crippen LogP contribution < -0.4 is 10.0 Å². The SMILES string of the molecule is CC(=O)NCCc1ccc(S(=O)(=O)Nc2ccc([N+](=O)[O-])cc2C)cc1. The van der Waals surface area contributed by atoms with Crippen LogP contribution in [0.15, 0.2) is 47.4 Å². The third-order valence-electron chi connectivity index (χ3n) is 3.69. The van der Waals surface area contributed by atoms with Gasteiger partial charge in [-0.3, -0.25) is 19.6 Å². The number of anilines is 1. The van der Waals surface area contributed by atoms with Crippen LogP contribution in [0.5, 0.6) is 0 Å². The second-order valence-electron chi connectivity index (χ2n) is 5.74. The maximum absolute atomic E-state index is 12.5. The van der Waals surface area contributed by atoms with Crippen LogP contribution in [0.25, 0.3) is 0 Å². The minimum Gasteiger partial charge on any atom is -0.356 e. The minimum absolute atomic E-state index is 0.0820. The molecule has 0 fully saturated rings. The molecule has 2 aromatic rings. The molecule has 0 bridgehead atoms. The number of nitro benzene ring substituents is 1. The van der Waals surface area contributed by atoms with Crippen molar-refractivity contribution in [3.05, 3.63) is 63.7 Å². The van der Waals surface area contributed by atoms with E-state index in [2.05, 4.69) is 10.0 Å². The molecule has 0 spiro atoms. The maximum atomic E-state index is 12.5. The predicted molar refractivity (Wildman–Crippen MR) is 97.5 cm³/mol. The van der Waals surface area contributed by atoms with E-state index in [-0.39, 0.29) is 22.2 Å². The molecule has 0 aliphatic heterocycles. The summed E-state index contributed by atoms with van der Waals surface area (Å²) in [5, 5.41) is 13.4. The van der Waals surface area contributed by atoms with Crippen molar-refractivity contribution in [2.24, 2.45) is 0 Å². The average Bonchev–Trinajstić information content (AvgIpc) is 2.56. The summed E-state index contributed by atoms with van der Waals surface area (Å²) in [4.78, 5) is 21.1. The number of amides is 1. The number of benzene rings is 2. The summed E-state index contributed by atoms with van der Waals surface area (Å²) < 4.78 is 27.4. The quantitative estimate of drug-likeness (QED) is 0.567. The fraction of sp³-hybridized carbons (Fsp3) is 0.235. The Kier molecular flexibility index (Phi) is 5.93. The van der Waals surface area contributed by atoms with Crippen LogP contribution >= 0.6 is 0 Å². The van der Waals surface area contributed by atoms with Gasteiger partial charge in [0.2, 0.25) is 5.91 Å². The summed E-state index contributed by atoms with van der Waals surface area (Å²) >= 11 is 0. The molecular formula is C17H19N3O5S. The van der Waals surface area contributed by atoms with E-state index in [1.165, 1.54) is 37.3 Å². The lowest BCUT2D eigenvalue weighted by atomic mass is 10.1. The Labute approximate surface area is 151 Å². The van der Waals surface area contributed by atoms with Crippen molar-refractivity contribution < 1.29 is 18.1 Å². The summed E-state index contributed by atoms with van der Waals surface area (Å²) in [6.07, 6.45) is 0.592. The van der Waals surface area contributed by atoms with E-state index in [4.69, 9.17) is 0 Å². The van der Waals surface area contributed by atoms with Crippen molar-refractivity contribution >= 4 is 27.3 Å². The van der Waals surface area contributed by atoms with Gasteiger partial charge in [-0.05, 0) is 42.7 Å². The molecule has 2 aromatic carbocycles. The number of carbonyl (C=O) groups is 1. The Bertz CT molecular complexity index is 924. The lowest BCUT2D eigenvalue weighted by Crippen LogP contribution is -2.22. The summed E-state index contributed by atoms with van der Waals surface area (Å²) in [6.45, 7) is 3.50. The van der Waals surface area contributed by atoms with Gasteiger partial charge in [0.1, 0.15) is 0 Å². The largest absolute Gasteiger partial charge is 0.356 e. The maximum Gasteiger partial charge on any atom is 0.269 e. The summed E-state index contributed by atoms with van der Waals surface area (Å²) in [6, 6.07) is 10.2. The number of carbonyl (C=O) groups excluding carboxylic acids is 1. The van der Waals surface area contributed by atoms with Gasteiger partial charge in [0, 0.05) is 25.6 Å². The van der Waals surface area contributed by atoms with Gasteiger partial charge in [0.25, 0.3) is 15.7 Å². The first kappa shape index (κ1) is 19.4. The molecule has 2 N–H and O–H groups in total. The van der Waals surface area contributed by atoms with Gasteiger partial charge in [0.05, 0.1) is 15.5 Å². The number of nitrogens with one attached hydrogen (secondary N) is 2. The molecule has 9 heteroatoms. The van der Waals surface area contributed by atoms with Gasteiger partial charge >= 0.3 is 0 Å². The van der Waals surface area contributed by atoms with Crippen LogP contribution in [0.4, 0.5) is 11.4 Å². The Hall–Kier alpha value is -2.94. The molecule has 0 atom stereocenters. The smallest absolute Gasteiger partial charge is 0.269 e. The second kappa shape index (κ2) is 7.96. The predicted octanol–water partition coefficient (Wildman–Crippen LogP) is 2.38. The highest BCUT2D eigenvalue weighted by atomic mass is 32.2. The zero-order chi connectivity index (χ0) is 19.3. The minimum atomic E-state index is -3.81. The van der Waals surface area contributed by atoms with Gasteiger partial charge in [-0.15, -0.1) is 0 Å². The van der Waals surface area contributed by atoms with E-state index in [0.29, 0.717) is 18.5 Å². The number of non-ortho nitro benzene ring substituents is 1. The molecule has 1 amide bonds. The van der Waals surface area contributed by atoms with Crippen LogP contribution in [-0.4, -0.2) is 25.8 Å². The summed E-state index contributed by atoms with van der Waals surface area (Å²) in [5.74, 6) is -0.119. The van der Waals surface area contributed by atoms with E-state index in [0.717, 1.165) is 5.56 Å². The number of hydrogen-bond donors (Lipinski definition) is 2. The molecule has 138 valence electrons. The zero-order valence-corrected chi connectivity index (χ0v) is 15.2. The third-order valence-corrected chi connectivity index (χ3v) is 5.07. The Morgan fingerprint density at radius 2 is 1.81 bits per heavy atom. The van der Waals surface area contributed by atoms with Gasteiger partial charge in [-0.25, -0.2) is 8.42 Å². The van der Waals surface area contributed by atoms with Crippen LogP contribution in [0, 0.1) is 17.0 Å². The molecule has 2 rings (SSSR count). The Balaban J connectivity index is 2.12. The third kappa shape index (κ3) is 5.03. The van der Waals surface area contributed by atoms with Crippen molar-refractivity contribution in [2.75, 3.05) is 11.3 Å². The molecule has 0 saturated heterocycles. The van der Waals surface area contributed by atoms with Crippen molar-refractivity contribution in [1.29, 1.82) is 0 Å². The molecule has 0 aromatic heterocycles. The monoisotopic (exact) mass is 377 g/mol. The first-order valence-electron chi connectivity index (χ1n) is 7.80. The molecule has 0 heterocycles. The van der Waals surface area contributed by atoms with Gasteiger partial charge in [0.15, 0.2) is 0 Å². The van der Waals surface area contributed by atoms with Crippen LogP contribution in [0.3, 0.4) is 0 Å². The molecule has 0 aliphatic carbocycles. The topological polar surface area (TPSA) is 118 Å². The molecule has 8 nitrogen and oxygen atoms in total. The Morgan fingerprint density at radius 3 is 2.35 bits per heavy atom. The van der Waals surface area contributed by atoms with Crippen LogP contribution in [-0.2, 0) is 21.2 Å². The van der Waals surface area contributed by atoms with Crippen molar-refractivity contribution in [3.63, 3.8) is 0 Å². The number of rotatable bonds is 7. The molecule has 26 heavy (non-hydrogen) atoms. The molecular weight excluding hydrogens is 358 g/mol. The van der Waals surface area contributed by atoms with Gasteiger partial charge in [-0.2, -0.15) is 0 Å². The lowest BCUT2D eigenvalue weighted by molar-refractivity contribution is -0.384. The summed E-state index contributed by atoms with van der Waals surface area (Å²) in [7, 11) is -3.81. The highest BCUT2D eigenvalue weighted by Gasteiger charge is 2.16.